The zero-order valence-corrected chi connectivity index (χ0v) is 26.3. The molecule has 4 aliphatic rings. The third-order valence-corrected chi connectivity index (χ3v) is 11.3. The Balaban J connectivity index is 1.46. The van der Waals surface area contributed by atoms with Gasteiger partial charge in [-0.1, -0.05) is 48.0 Å². The fraction of sp³-hybridized carbons (Fsp3) is 0.424. The fourth-order valence-corrected chi connectivity index (χ4v) is 9.78. The van der Waals surface area contributed by atoms with Gasteiger partial charge >= 0.3 is 0 Å². The molecule has 0 aromatic heterocycles. The van der Waals surface area contributed by atoms with Gasteiger partial charge in [0.15, 0.2) is 0 Å². The number of aliphatic hydroxyl groups excluding tert-OH is 1. The van der Waals surface area contributed by atoms with Gasteiger partial charge in [0, 0.05) is 23.5 Å². The molecule has 1 N–H and O–H groups in total. The first-order valence-corrected chi connectivity index (χ1v) is 15.9. The summed E-state index contributed by atoms with van der Waals surface area (Å²) in [5, 5.41) is 10.7. The maximum atomic E-state index is 14.7. The second-order valence-electron chi connectivity index (χ2n) is 11.8. The Kier molecular flexibility index (Phi) is 7.63. The van der Waals surface area contributed by atoms with Crippen LogP contribution in [0.4, 0.5) is 11.4 Å². The molecule has 6 rings (SSSR count). The third kappa shape index (κ3) is 4.50. The maximum Gasteiger partial charge on any atom is 0.251 e. The number of halogens is 1. The van der Waals surface area contributed by atoms with Crippen LogP contribution in [0, 0.1) is 18.8 Å². The standard InChI is InChI=1S/C33H36ClN3O5S/c1-5-42-23-13-11-22(12-14-23)35-17-7-15-32(4)25(29(35)39)26-30(40)37(21(3)19-38)28-31(41)36(18-8-16-33(26,28)43-32)27-20(2)9-6-10-24(27)34/h6-16,21,25-26,28,38H,5,17-19H2,1-4H3/t21-,25+,26+,28?,32-,33+/m1/s1. The first-order chi connectivity index (χ1) is 20.6. The van der Waals surface area contributed by atoms with Crippen LogP contribution in [0.1, 0.15) is 26.3 Å². The molecule has 2 aromatic rings. The highest BCUT2D eigenvalue weighted by atomic mass is 35.5. The van der Waals surface area contributed by atoms with E-state index >= 15 is 0 Å². The summed E-state index contributed by atoms with van der Waals surface area (Å²) < 4.78 is 3.82. The number of benzene rings is 2. The Bertz CT molecular complexity index is 1510. The predicted molar refractivity (Wildman–Crippen MR) is 170 cm³/mol. The summed E-state index contributed by atoms with van der Waals surface area (Å²) in [7, 11) is 0. The van der Waals surface area contributed by atoms with E-state index in [1.165, 1.54) is 16.7 Å². The number of anilines is 2. The lowest BCUT2D eigenvalue weighted by atomic mass is 9.74. The smallest absolute Gasteiger partial charge is 0.251 e. The number of aliphatic hydroxyl groups is 1. The third-order valence-electron chi connectivity index (χ3n) is 9.15. The fourth-order valence-electron chi connectivity index (χ4n) is 7.31. The summed E-state index contributed by atoms with van der Waals surface area (Å²) >= 11 is 8.15. The number of carbonyl (C=O) groups is 3. The summed E-state index contributed by atoms with van der Waals surface area (Å²) in [6, 6.07) is 11.3. The molecule has 8 nitrogen and oxygen atoms in total. The molecule has 1 spiro atoms. The van der Waals surface area contributed by atoms with E-state index in [4.69, 9.17) is 16.3 Å². The first kappa shape index (κ1) is 29.8. The topological polar surface area (TPSA) is 90.4 Å². The van der Waals surface area contributed by atoms with E-state index < -0.39 is 33.4 Å². The molecule has 2 fully saturated rings. The van der Waals surface area contributed by atoms with Gasteiger partial charge in [0.05, 0.1) is 46.5 Å². The second-order valence-corrected chi connectivity index (χ2v) is 14.0. The molecule has 1 unspecified atom stereocenters. The predicted octanol–water partition coefficient (Wildman–Crippen LogP) is 4.62. The van der Waals surface area contributed by atoms with E-state index in [1.807, 2.05) is 81.5 Å². The van der Waals surface area contributed by atoms with Crippen LogP contribution < -0.4 is 14.5 Å². The Hall–Kier alpha value is -3.27. The van der Waals surface area contributed by atoms with Gasteiger partial charge in [-0.3, -0.25) is 14.4 Å². The molecule has 3 amide bonds. The van der Waals surface area contributed by atoms with E-state index in [-0.39, 0.29) is 30.9 Å². The Morgan fingerprint density at radius 1 is 1.00 bits per heavy atom. The zero-order valence-electron chi connectivity index (χ0n) is 24.7. The van der Waals surface area contributed by atoms with Crippen LogP contribution >= 0.6 is 23.4 Å². The average Bonchev–Trinajstić information content (AvgIpc) is 3.26. The van der Waals surface area contributed by atoms with Crippen LogP contribution in [0.3, 0.4) is 0 Å². The van der Waals surface area contributed by atoms with Gasteiger partial charge in [0.1, 0.15) is 11.8 Å². The van der Waals surface area contributed by atoms with Crippen LogP contribution in [0.15, 0.2) is 66.8 Å². The quantitative estimate of drug-likeness (QED) is 0.474. The zero-order chi connectivity index (χ0) is 30.7. The molecular formula is C33H36ClN3O5S. The highest BCUT2D eigenvalue weighted by molar-refractivity contribution is 8.02. The molecule has 4 heterocycles. The van der Waals surface area contributed by atoms with Gasteiger partial charge in [-0.25, -0.2) is 0 Å². The molecule has 0 saturated carbocycles. The molecule has 4 aliphatic heterocycles. The van der Waals surface area contributed by atoms with Crippen molar-refractivity contribution in [3.8, 4) is 5.75 Å². The van der Waals surface area contributed by atoms with Gasteiger partial charge in [-0.15, -0.1) is 11.8 Å². The highest BCUT2D eigenvalue weighted by Crippen LogP contribution is 2.66. The van der Waals surface area contributed by atoms with Crippen molar-refractivity contribution >= 4 is 52.5 Å². The van der Waals surface area contributed by atoms with E-state index in [0.717, 1.165) is 5.56 Å². The number of carbonyl (C=O) groups excluding carboxylic acids is 3. The molecule has 226 valence electrons. The van der Waals surface area contributed by atoms with E-state index in [2.05, 4.69) is 0 Å². The number of hydrogen-bond acceptors (Lipinski definition) is 6. The van der Waals surface area contributed by atoms with Crippen molar-refractivity contribution in [1.29, 1.82) is 0 Å². The van der Waals surface area contributed by atoms with Gasteiger partial charge in [0.25, 0.3) is 5.91 Å². The van der Waals surface area contributed by atoms with Gasteiger partial charge in [-0.05, 0) is 63.6 Å². The summed E-state index contributed by atoms with van der Waals surface area (Å²) in [4.78, 5) is 48.7. The average molecular weight is 622 g/mol. The molecule has 10 heteroatoms. The van der Waals surface area contributed by atoms with Crippen LogP contribution in [0.5, 0.6) is 5.75 Å². The van der Waals surface area contributed by atoms with E-state index in [0.29, 0.717) is 35.3 Å². The summed E-state index contributed by atoms with van der Waals surface area (Å²) in [5.41, 5.74) is 2.15. The second kappa shape index (κ2) is 11.0. The number of nitrogens with zero attached hydrogens (tertiary/aromatic N) is 3. The highest BCUT2D eigenvalue weighted by Gasteiger charge is 2.74. The lowest BCUT2D eigenvalue weighted by Crippen LogP contribution is -2.56. The van der Waals surface area contributed by atoms with Crippen molar-refractivity contribution in [3.05, 3.63) is 77.4 Å². The van der Waals surface area contributed by atoms with Crippen LogP contribution in [-0.2, 0) is 14.4 Å². The Morgan fingerprint density at radius 3 is 2.37 bits per heavy atom. The molecule has 6 atom stereocenters. The molecule has 0 radical (unpaired) electrons. The number of rotatable bonds is 6. The number of likely N-dealkylation sites (tertiary alicyclic amines) is 1. The van der Waals surface area contributed by atoms with Crippen LogP contribution in [0.2, 0.25) is 5.02 Å². The largest absolute Gasteiger partial charge is 0.494 e. The van der Waals surface area contributed by atoms with Crippen molar-refractivity contribution in [2.45, 2.75) is 49.3 Å². The molecule has 2 saturated heterocycles. The summed E-state index contributed by atoms with van der Waals surface area (Å²) in [6.45, 7) is 8.41. The van der Waals surface area contributed by atoms with Crippen LogP contribution in [-0.4, -0.2) is 75.6 Å². The maximum absolute atomic E-state index is 14.7. The molecule has 0 bridgehead atoms. The van der Waals surface area contributed by atoms with E-state index in [1.54, 1.807) is 22.8 Å². The Labute approximate surface area is 261 Å². The molecule has 0 aliphatic carbocycles. The monoisotopic (exact) mass is 621 g/mol. The lowest BCUT2D eigenvalue weighted by Gasteiger charge is -2.39. The first-order valence-electron chi connectivity index (χ1n) is 14.7. The molecular weight excluding hydrogens is 586 g/mol. The lowest BCUT2D eigenvalue weighted by molar-refractivity contribution is -0.141. The van der Waals surface area contributed by atoms with Crippen molar-refractivity contribution < 1.29 is 24.2 Å². The van der Waals surface area contributed by atoms with Crippen molar-refractivity contribution in [3.63, 3.8) is 0 Å². The molecule has 2 aromatic carbocycles. The number of thioether (sulfide) groups is 1. The van der Waals surface area contributed by atoms with Crippen molar-refractivity contribution in [2.75, 3.05) is 36.1 Å². The number of amides is 3. The number of ether oxygens (including phenoxy) is 1. The number of para-hydroxylation sites is 1. The summed E-state index contributed by atoms with van der Waals surface area (Å²) in [5.74, 6) is -1.56. The van der Waals surface area contributed by atoms with Gasteiger partial charge in [0.2, 0.25) is 11.8 Å². The minimum Gasteiger partial charge on any atom is -0.494 e. The number of hydrogen-bond donors (Lipinski definition) is 1. The SMILES string of the molecule is CCOc1ccc(N2CC=C[C@@]3(C)S[C@]45C=CCN(c6c(C)cccc6Cl)C(=O)C4N([C@H](C)CO)C(=O)[C@@H]5[C@H]3C2=O)cc1. The number of aryl methyl sites for hydroxylation is 1. The minimum atomic E-state index is -1.03. The van der Waals surface area contributed by atoms with Gasteiger partial charge in [-0.2, -0.15) is 0 Å². The van der Waals surface area contributed by atoms with Crippen molar-refractivity contribution in [2.24, 2.45) is 11.8 Å². The van der Waals surface area contributed by atoms with Crippen molar-refractivity contribution in [1.82, 2.24) is 4.90 Å². The normalized spacial score (nSPS) is 30.6. The van der Waals surface area contributed by atoms with E-state index in [9.17, 15) is 19.5 Å². The van der Waals surface area contributed by atoms with Gasteiger partial charge < -0.3 is 24.5 Å². The summed E-state index contributed by atoms with van der Waals surface area (Å²) in [6.07, 6.45) is 7.91. The minimum absolute atomic E-state index is 0.166. The van der Waals surface area contributed by atoms with Crippen LogP contribution in [0.25, 0.3) is 0 Å². The Morgan fingerprint density at radius 2 is 1.70 bits per heavy atom. The number of fused-ring (bicyclic) bond motifs is 2. The molecule has 43 heavy (non-hydrogen) atoms.